The highest BCUT2D eigenvalue weighted by atomic mass is 16.7. The second kappa shape index (κ2) is 8.70. The van der Waals surface area contributed by atoms with E-state index in [1.54, 1.807) is 0 Å². The first kappa shape index (κ1) is 21.8. The summed E-state index contributed by atoms with van der Waals surface area (Å²) in [7, 11) is 1.91. The number of nitrogens with one attached hydrogen (secondary N) is 1. The maximum absolute atomic E-state index is 13.3. The lowest BCUT2D eigenvalue weighted by Gasteiger charge is -2.12. The number of ether oxygens (including phenoxy) is 2. The molecule has 0 unspecified atom stereocenters. The number of aryl methyl sites for hydroxylation is 2. The van der Waals surface area contributed by atoms with Crippen LogP contribution in [-0.4, -0.2) is 26.9 Å². The van der Waals surface area contributed by atoms with Crippen molar-refractivity contribution in [3.05, 3.63) is 81.3 Å². The van der Waals surface area contributed by atoms with Crippen LogP contribution in [0.3, 0.4) is 0 Å². The summed E-state index contributed by atoms with van der Waals surface area (Å²) in [5.41, 5.74) is 5.72. The molecule has 1 amide bonds. The predicted molar refractivity (Wildman–Crippen MR) is 128 cm³/mol. The monoisotopic (exact) mass is 458 g/mol. The Kier molecular flexibility index (Phi) is 5.57. The molecule has 0 saturated heterocycles. The number of hydrogen-bond donors (Lipinski definition) is 1. The summed E-state index contributed by atoms with van der Waals surface area (Å²) in [6.07, 6.45) is 0.541. The number of amides is 1. The van der Waals surface area contributed by atoms with E-state index < -0.39 is 0 Å². The molecular formula is C26H26N4O4. The van der Waals surface area contributed by atoms with Gasteiger partial charge in [-0.2, -0.15) is 9.61 Å². The van der Waals surface area contributed by atoms with Gasteiger partial charge in [-0.15, -0.1) is 0 Å². The highest BCUT2D eigenvalue weighted by molar-refractivity contribution is 5.76. The Bertz CT molecular complexity index is 1470. The molecule has 0 fully saturated rings. The molecule has 34 heavy (non-hydrogen) atoms. The van der Waals surface area contributed by atoms with Crippen molar-refractivity contribution < 1.29 is 14.3 Å². The van der Waals surface area contributed by atoms with E-state index in [1.165, 1.54) is 4.52 Å². The third-order valence-corrected chi connectivity index (χ3v) is 6.37. The lowest BCUT2D eigenvalue weighted by molar-refractivity contribution is -0.121. The van der Waals surface area contributed by atoms with Crippen LogP contribution in [0.4, 0.5) is 0 Å². The average molecular weight is 459 g/mol. The number of hydrogen-bond acceptors (Lipinski definition) is 5. The van der Waals surface area contributed by atoms with Crippen molar-refractivity contribution in [3.63, 3.8) is 0 Å². The van der Waals surface area contributed by atoms with Crippen LogP contribution in [0.5, 0.6) is 11.5 Å². The van der Waals surface area contributed by atoms with Crippen LogP contribution in [0.2, 0.25) is 0 Å². The molecule has 4 aromatic rings. The average Bonchev–Trinajstić information content (AvgIpc) is 3.49. The lowest BCUT2D eigenvalue weighted by Crippen LogP contribution is -2.27. The second-order valence-corrected chi connectivity index (χ2v) is 8.51. The standard InChI is InChI=1S/C26H26N4O4/c1-16-6-4-5-7-19(16)21-13-25-29(3)17(2)20(26(32)30(25)28-21)9-11-24(31)27-14-18-8-10-22-23(12-18)34-15-33-22/h4-8,10,12-13H,9,11,14-15H2,1-3H3,(H,27,31). The highest BCUT2D eigenvalue weighted by Crippen LogP contribution is 2.32. The maximum Gasteiger partial charge on any atom is 0.277 e. The number of benzene rings is 2. The first-order valence-corrected chi connectivity index (χ1v) is 11.2. The lowest BCUT2D eigenvalue weighted by atomic mass is 10.1. The van der Waals surface area contributed by atoms with E-state index in [-0.39, 0.29) is 24.7 Å². The molecular weight excluding hydrogens is 432 g/mol. The fraction of sp³-hybridized carbons (Fsp3) is 0.269. The van der Waals surface area contributed by atoms with Gasteiger partial charge in [-0.25, -0.2) is 0 Å². The molecule has 0 spiro atoms. The van der Waals surface area contributed by atoms with Gasteiger partial charge in [0.15, 0.2) is 11.5 Å². The number of carbonyl (C=O) groups excluding carboxylic acids is 1. The summed E-state index contributed by atoms with van der Waals surface area (Å²) >= 11 is 0. The Morgan fingerprint density at radius 1 is 1.09 bits per heavy atom. The number of aromatic nitrogens is 3. The molecule has 8 nitrogen and oxygen atoms in total. The molecule has 2 aromatic carbocycles. The summed E-state index contributed by atoms with van der Waals surface area (Å²) in [5.74, 6) is 1.27. The van der Waals surface area contributed by atoms with Gasteiger partial charge in [0.05, 0.1) is 5.69 Å². The Labute approximate surface area is 196 Å². The van der Waals surface area contributed by atoms with Gasteiger partial charge in [-0.1, -0.05) is 30.3 Å². The zero-order valence-corrected chi connectivity index (χ0v) is 19.4. The van der Waals surface area contributed by atoms with Crippen molar-refractivity contribution in [2.75, 3.05) is 6.79 Å². The van der Waals surface area contributed by atoms with E-state index >= 15 is 0 Å². The Balaban J connectivity index is 1.33. The normalized spacial score (nSPS) is 12.3. The van der Waals surface area contributed by atoms with Gasteiger partial charge in [0, 0.05) is 42.9 Å². The molecule has 2 aromatic heterocycles. The predicted octanol–water partition coefficient (Wildman–Crippen LogP) is 3.29. The molecule has 1 aliphatic rings. The summed E-state index contributed by atoms with van der Waals surface area (Å²) in [6, 6.07) is 15.5. The minimum atomic E-state index is -0.186. The van der Waals surface area contributed by atoms with E-state index in [0.717, 1.165) is 33.7 Å². The summed E-state index contributed by atoms with van der Waals surface area (Å²) in [6.45, 7) is 4.52. The third kappa shape index (κ3) is 3.91. The number of rotatable bonds is 6. The Morgan fingerprint density at radius 2 is 1.88 bits per heavy atom. The molecule has 0 saturated carbocycles. The zero-order chi connectivity index (χ0) is 23.8. The van der Waals surface area contributed by atoms with Crippen LogP contribution < -0.4 is 20.3 Å². The smallest absolute Gasteiger partial charge is 0.277 e. The van der Waals surface area contributed by atoms with E-state index in [4.69, 9.17) is 9.47 Å². The molecule has 1 aliphatic heterocycles. The zero-order valence-electron chi connectivity index (χ0n) is 19.4. The van der Waals surface area contributed by atoms with Crippen LogP contribution in [0.1, 0.15) is 28.8 Å². The topological polar surface area (TPSA) is 86.9 Å². The van der Waals surface area contributed by atoms with Gasteiger partial charge in [-0.05, 0) is 43.5 Å². The van der Waals surface area contributed by atoms with E-state index in [0.29, 0.717) is 30.0 Å². The van der Waals surface area contributed by atoms with Crippen molar-refractivity contribution in [1.29, 1.82) is 0 Å². The molecule has 0 atom stereocenters. The summed E-state index contributed by atoms with van der Waals surface area (Å²) in [4.78, 5) is 25.8. The number of carbonyl (C=O) groups is 1. The minimum Gasteiger partial charge on any atom is -0.454 e. The largest absolute Gasteiger partial charge is 0.454 e. The maximum atomic E-state index is 13.3. The molecule has 5 rings (SSSR count). The van der Waals surface area contributed by atoms with E-state index in [2.05, 4.69) is 10.4 Å². The van der Waals surface area contributed by atoms with Crippen LogP contribution in [0.15, 0.2) is 53.3 Å². The minimum absolute atomic E-state index is 0.125. The molecule has 174 valence electrons. The number of nitrogens with zero attached hydrogens (tertiary/aromatic N) is 3. The number of fused-ring (bicyclic) bond motifs is 2. The van der Waals surface area contributed by atoms with Crippen LogP contribution >= 0.6 is 0 Å². The quantitative estimate of drug-likeness (QED) is 0.479. The van der Waals surface area contributed by atoms with Crippen LogP contribution in [-0.2, 0) is 24.8 Å². The molecule has 3 heterocycles. The molecule has 0 bridgehead atoms. The van der Waals surface area contributed by atoms with Crippen molar-refractivity contribution in [2.24, 2.45) is 7.05 Å². The van der Waals surface area contributed by atoms with Gasteiger partial charge in [0.2, 0.25) is 12.7 Å². The van der Waals surface area contributed by atoms with Gasteiger partial charge in [0.25, 0.3) is 5.56 Å². The van der Waals surface area contributed by atoms with Crippen LogP contribution in [0, 0.1) is 13.8 Å². The third-order valence-electron chi connectivity index (χ3n) is 6.37. The fourth-order valence-corrected chi connectivity index (χ4v) is 4.27. The van der Waals surface area contributed by atoms with Crippen molar-refractivity contribution in [1.82, 2.24) is 19.5 Å². The van der Waals surface area contributed by atoms with Crippen LogP contribution in [0.25, 0.3) is 16.9 Å². The summed E-state index contributed by atoms with van der Waals surface area (Å²) in [5, 5.41) is 7.51. The van der Waals surface area contributed by atoms with E-state index in [9.17, 15) is 9.59 Å². The van der Waals surface area contributed by atoms with Gasteiger partial charge in [-0.3, -0.25) is 9.59 Å². The first-order chi connectivity index (χ1) is 16.4. The van der Waals surface area contributed by atoms with Gasteiger partial charge in [0.1, 0.15) is 5.65 Å². The molecule has 1 N–H and O–H groups in total. The van der Waals surface area contributed by atoms with Gasteiger partial charge < -0.3 is 19.4 Å². The van der Waals surface area contributed by atoms with Crippen molar-refractivity contribution >= 4 is 11.6 Å². The highest BCUT2D eigenvalue weighted by Gasteiger charge is 2.18. The molecule has 8 heteroatoms. The fourth-order valence-electron chi connectivity index (χ4n) is 4.27. The molecule has 0 radical (unpaired) electrons. The van der Waals surface area contributed by atoms with E-state index in [1.807, 2.05) is 74.0 Å². The molecule has 0 aliphatic carbocycles. The second-order valence-electron chi connectivity index (χ2n) is 8.51. The van der Waals surface area contributed by atoms with Crippen molar-refractivity contribution in [3.8, 4) is 22.8 Å². The van der Waals surface area contributed by atoms with Crippen molar-refractivity contribution in [2.45, 2.75) is 33.2 Å². The first-order valence-electron chi connectivity index (χ1n) is 11.2. The van der Waals surface area contributed by atoms with Gasteiger partial charge >= 0.3 is 0 Å². The summed E-state index contributed by atoms with van der Waals surface area (Å²) < 4.78 is 14.1. The Hall–Kier alpha value is -4.07. The Morgan fingerprint density at radius 3 is 2.71 bits per heavy atom. The SMILES string of the molecule is Cc1ccccc1-c1cc2n(C)c(C)c(CCC(=O)NCc3ccc4c(c3)OCO4)c(=O)n2n1.